The average molecular weight is 458 g/mol. The van der Waals surface area contributed by atoms with Gasteiger partial charge in [0.2, 0.25) is 5.91 Å². The number of fused-ring (bicyclic) bond motifs is 1. The van der Waals surface area contributed by atoms with Crippen LogP contribution in [0.2, 0.25) is 0 Å². The minimum Gasteiger partial charge on any atom is -0.485 e. The van der Waals surface area contributed by atoms with Gasteiger partial charge in [0.15, 0.2) is 12.4 Å². The molecule has 1 atom stereocenters. The quantitative estimate of drug-likeness (QED) is 0.541. The van der Waals surface area contributed by atoms with E-state index in [-0.39, 0.29) is 30.5 Å². The molecule has 2 aromatic heterocycles. The molecule has 1 unspecified atom stereocenters. The molecule has 1 aliphatic rings. The molecule has 0 bridgehead atoms. The van der Waals surface area contributed by atoms with Crippen molar-refractivity contribution in [2.75, 3.05) is 18.5 Å². The lowest BCUT2D eigenvalue weighted by Crippen LogP contribution is -2.38. The number of ether oxygens (including phenoxy) is 1. The fourth-order valence-corrected chi connectivity index (χ4v) is 3.65. The Labute approximate surface area is 185 Å². The van der Waals surface area contributed by atoms with E-state index in [1.807, 2.05) is 30.3 Å². The predicted octanol–water partition coefficient (Wildman–Crippen LogP) is 4.21. The number of alkyl halides is 2. The Balaban J connectivity index is 1.83. The molecule has 0 aliphatic carbocycles. The first kappa shape index (κ1) is 21.9. The summed E-state index contributed by atoms with van der Waals surface area (Å²) in [5.41, 5.74) is 0.0693. The topological polar surface area (TPSA) is 87.3 Å². The highest BCUT2D eigenvalue weighted by molar-refractivity contribution is 7.18. The molecule has 32 heavy (non-hydrogen) atoms. The fourth-order valence-electron chi connectivity index (χ4n) is 3.57. The van der Waals surface area contributed by atoms with Crippen molar-refractivity contribution in [1.29, 1.82) is 0 Å². The maximum atomic E-state index is 13.4. The van der Waals surface area contributed by atoms with Gasteiger partial charge in [-0.15, -0.1) is 0 Å². The molecule has 4 rings (SSSR count). The van der Waals surface area contributed by atoms with Gasteiger partial charge in [0, 0.05) is 30.1 Å². The van der Waals surface area contributed by atoms with Crippen LogP contribution in [0.4, 0.5) is 20.2 Å². The van der Waals surface area contributed by atoms with Crippen LogP contribution in [0.1, 0.15) is 23.0 Å². The zero-order chi connectivity index (χ0) is 22.9. The summed E-state index contributed by atoms with van der Waals surface area (Å²) in [6, 6.07) is 10.9. The minimum atomic E-state index is -3.11. The Hall–Kier alpha value is -3.32. The maximum absolute atomic E-state index is 13.4. The Morgan fingerprint density at radius 2 is 2.03 bits per heavy atom. The van der Waals surface area contributed by atoms with Crippen LogP contribution >= 0.6 is 9.24 Å². The van der Waals surface area contributed by atoms with Crippen LogP contribution in [0.25, 0.3) is 11.3 Å². The number of benzene rings is 1. The lowest BCUT2D eigenvalue weighted by molar-refractivity contribution is -0.129. The van der Waals surface area contributed by atoms with Crippen LogP contribution in [0.3, 0.4) is 0 Å². The summed E-state index contributed by atoms with van der Waals surface area (Å²) >= 11 is 0. The smallest absolute Gasteiger partial charge is 0.292 e. The van der Waals surface area contributed by atoms with E-state index in [1.54, 1.807) is 6.07 Å². The third kappa shape index (κ3) is 4.62. The van der Waals surface area contributed by atoms with E-state index >= 15 is 0 Å². The Bertz CT molecular complexity index is 1160. The van der Waals surface area contributed by atoms with Crippen LogP contribution < -0.4 is 10.1 Å². The Kier molecular flexibility index (Phi) is 5.93. The first-order valence-corrected chi connectivity index (χ1v) is 10.4. The molecular formula is C22H21F2N4O3P. The SMILES string of the molecule is CC(=O)N1CC(=O)c2c([nH]c(-c3ccncc3OCC(F)(F)P)c2Nc2ccccc2)C1. The summed E-state index contributed by atoms with van der Waals surface area (Å²) in [5, 5.41) is 3.27. The third-order valence-electron chi connectivity index (χ3n) is 5.00. The van der Waals surface area contributed by atoms with Gasteiger partial charge >= 0.3 is 0 Å². The number of halogens is 2. The molecule has 3 heterocycles. The Morgan fingerprint density at radius 3 is 2.72 bits per heavy atom. The number of nitrogens with zero attached hydrogens (tertiary/aromatic N) is 2. The van der Waals surface area contributed by atoms with Crippen molar-refractivity contribution < 1.29 is 23.1 Å². The number of ketones is 1. The molecular weight excluding hydrogens is 437 g/mol. The standard InChI is InChI=1S/C22H21F2N4O3P/c1-13(29)28-10-16-19(17(30)11-28)21(26-14-5-3-2-4-6-14)20(27-16)15-7-8-25-9-18(15)31-12-22(23,24)32/h2-9,26-27H,10-12,32H2,1H3. The van der Waals surface area contributed by atoms with Gasteiger partial charge in [-0.25, -0.2) is 0 Å². The van der Waals surface area contributed by atoms with Gasteiger partial charge in [0.25, 0.3) is 5.66 Å². The highest BCUT2D eigenvalue weighted by atomic mass is 31.0. The first-order valence-electron chi connectivity index (χ1n) is 9.82. The van der Waals surface area contributed by atoms with Gasteiger partial charge in [0.05, 0.1) is 36.2 Å². The summed E-state index contributed by atoms with van der Waals surface area (Å²) in [6.07, 6.45) is 2.86. The van der Waals surface area contributed by atoms with Crippen LogP contribution in [-0.4, -0.2) is 45.4 Å². The highest BCUT2D eigenvalue weighted by Gasteiger charge is 2.32. The van der Waals surface area contributed by atoms with Crippen LogP contribution in [0.15, 0.2) is 48.8 Å². The number of pyridine rings is 1. The average Bonchev–Trinajstić information content (AvgIpc) is 3.11. The monoisotopic (exact) mass is 458 g/mol. The molecule has 7 nitrogen and oxygen atoms in total. The number of hydrogen-bond acceptors (Lipinski definition) is 5. The van der Waals surface area contributed by atoms with Gasteiger partial charge < -0.3 is 19.9 Å². The van der Waals surface area contributed by atoms with Crippen molar-refractivity contribution in [3.8, 4) is 17.0 Å². The summed E-state index contributed by atoms with van der Waals surface area (Å²) < 4.78 is 32.1. The van der Waals surface area contributed by atoms with Crippen molar-refractivity contribution in [3.63, 3.8) is 0 Å². The van der Waals surface area contributed by atoms with Gasteiger partial charge in [-0.2, -0.15) is 8.78 Å². The van der Waals surface area contributed by atoms with Crippen LogP contribution in [0.5, 0.6) is 5.75 Å². The normalized spacial score (nSPS) is 13.6. The molecule has 2 N–H and O–H groups in total. The molecule has 1 aliphatic heterocycles. The third-order valence-corrected chi connectivity index (χ3v) is 5.17. The number of carbonyl (C=O) groups is 2. The van der Waals surface area contributed by atoms with Crippen molar-refractivity contribution in [3.05, 3.63) is 60.0 Å². The van der Waals surface area contributed by atoms with Crippen molar-refractivity contribution in [1.82, 2.24) is 14.9 Å². The van der Waals surface area contributed by atoms with Gasteiger partial charge in [-0.1, -0.05) is 27.4 Å². The number of rotatable bonds is 6. The van der Waals surface area contributed by atoms with Crippen molar-refractivity contribution in [2.45, 2.75) is 19.1 Å². The molecule has 3 aromatic rings. The molecule has 0 spiro atoms. The Morgan fingerprint density at radius 1 is 1.28 bits per heavy atom. The number of carbonyl (C=O) groups excluding carboxylic acids is 2. The van der Waals surface area contributed by atoms with E-state index < -0.39 is 12.3 Å². The number of aromatic nitrogens is 2. The summed E-state index contributed by atoms with van der Waals surface area (Å²) in [5.74, 6) is -0.302. The van der Waals surface area contributed by atoms with E-state index in [2.05, 4.69) is 15.3 Å². The first-order chi connectivity index (χ1) is 15.2. The van der Waals surface area contributed by atoms with Gasteiger partial charge in [0.1, 0.15) is 5.75 Å². The molecule has 10 heteroatoms. The van der Waals surface area contributed by atoms with Crippen LogP contribution in [-0.2, 0) is 11.3 Å². The van der Waals surface area contributed by atoms with E-state index in [4.69, 9.17) is 4.74 Å². The number of nitrogens with one attached hydrogen (secondary N) is 2. The summed E-state index contributed by atoms with van der Waals surface area (Å²) in [7, 11) is 1.44. The zero-order valence-electron chi connectivity index (χ0n) is 17.2. The number of para-hydroxylation sites is 1. The second-order valence-electron chi connectivity index (χ2n) is 7.44. The number of anilines is 2. The molecule has 0 saturated carbocycles. The van der Waals surface area contributed by atoms with Gasteiger partial charge in [-0.05, 0) is 18.2 Å². The minimum absolute atomic E-state index is 0.0396. The molecule has 1 aromatic carbocycles. The maximum Gasteiger partial charge on any atom is 0.292 e. The summed E-state index contributed by atoms with van der Waals surface area (Å²) in [6.45, 7) is 0.741. The highest BCUT2D eigenvalue weighted by Crippen LogP contribution is 2.41. The predicted molar refractivity (Wildman–Crippen MR) is 119 cm³/mol. The number of hydrogen-bond donors (Lipinski definition) is 2. The van der Waals surface area contributed by atoms with E-state index in [1.165, 1.54) is 33.5 Å². The molecule has 166 valence electrons. The number of Topliss-reactive ketones (excluding diaryl/α,β-unsaturated/α-hetero) is 1. The zero-order valence-corrected chi connectivity index (χ0v) is 18.3. The molecule has 0 fully saturated rings. The van der Waals surface area contributed by atoms with Gasteiger partial charge in [-0.3, -0.25) is 14.6 Å². The lowest BCUT2D eigenvalue weighted by atomic mass is 10.0. The number of amides is 1. The second kappa shape index (κ2) is 8.67. The largest absolute Gasteiger partial charge is 0.485 e. The summed E-state index contributed by atoms with van der Waals surface area (Å²) in [4.78, 5) is 33.5. The molecule has 1 amide bonds. The van der Waals surface area contributed by atoms with E-state index in [0.717, 1.165) is 5.69 Å². The number of H-pyrrole nitrogens is 1. The second-order valence-corrected chi connectivity index (χ2v) is 8.28. The van der Waals surface area contributed by atoms with E-state index in [0.29, 0.717) is 28.2 Å². The van der Waals surface area contributed by atoms with Crippen molar-refractivity contribution in [2.24, 2.45) is 0 Å². The molecule has 0 radical (unpaired) electrons. The lowest BCUT2D eigenvalue weighted by Gasteiger charge is -2.25. The van der Waals surface area contributed by atoms with Crippen molar-refractivity contribution >= 4 is 32.3 Å². The fraction of sp³-hybridized carbons (Fsp3) is 0.227. The van der Waals surface area contributed by atoms with Crippen LogP contribution in [0, 0.1) is 0 Å². The number of aromatic amines is 1. The van der Waals surface area contributed by atoms with E-state index in [9.17, 15) is 18.4 Å². The molecule has 0 saturated heterocycles.